The number of pyridine rings is 1. The quantitative estimate of drug-likeness (QED) is 0.851. The van der Waals surface area contributed by atoms with E-state index in [0.29, 0.717) is 0 Å². The second-order valence-corrected chi connectivity index (χ2v) is 5.34. The highest BCUT2D eigenvalue weighted by atomic mass is 16.3. The number of anilines is 1. The van der Waals surface area contributed by atoms with Crippen molar-refractivity contribution in [2.45, 2.75) is 44.1 Å². The van der Waals surface area contributed by atoms with E-state index in [4.69, 9.17) is 0 Å². The first-order chi connectivity index (χ1) is 8.28. The lowest BCUT2D eigenvalue weighted by atomic mass is 9.94. The molecule has 17 heavy (non-hydrogen) atoms. The van der Waals surface area contributed by atoms with Crippen molar-refractivity contribution in [1.82, 2.24) is 4.98 Å². The molecule has 3 nitrogen and oxygen atoms in total. The van der Waals surface area contributed by atoms with E-state index in [1.165, 1.54) is 12.8 Å². The number of hydrogen-bond acceptors (Lipinski definition) is 3. The summed E-state index contributed by atoms with van der Waals surface area (Å²) < 4.78 is 0. The number of aliphatic hydroxyl groups is 1. The molecule has 0 bridgehead atoms. The number of aromatic nitrogens is 1. The summed E-state index contributed by atoms with van der Waals surface area (Å²) in [6, 6.07) is 4.13. The van der Waals surface area contributed by atoms with Crippen LogP contribution in [0.15, 0.2) is 18.3 Å². The van der Waals surface area contributed by atoms with E-state index in [2.05, 4.69) is 22.0 Å². The van der Waals surface area contributed by atoms with E-state index in [-0.39, 0.29) is 0 Å². The molecule has 2 fully saturated rings. The van der Waals surface area contributed by atoms with Crippen molar-refractivity contribution in [3.05, 3.63) is 23.9 Å². The molecule has 2 heterocycles. The van der Waals surface area contributed by atoms with Crippen molar-refractivity contribution in [1.29, 1.82) is 0 Å². The fraction of sp³-hybridized carbons (Fsp3) is 0.643. The molecular weight excluding hydrogens is 212 g/mol. The largest absolute Gasteiger partial charge is 0.385 e. The average molecular weight is 232 g/mol. The molecule has 1 N–H and O–H groups in total. The molecule has 0 atom stereocenters. The SMILES string of the molecule is OC1(c2ccc(N3CCCC3)nc2)CCCC1. The summed E-state index contributed by atoms with van der Waals surface area (Å²) in [4.78, 5) is 6.84. The molecule has 2 aliphatic rings. The Morgan fingerprint density at radius 2 is 1.76 bits per heavy atom. The van der Waals surface area contributed by atoms with Crippen LogP contribution in [-0.2, 0) is 5.60 Å². The Kier molecular flexibility index (Phi) is 2.79. The fourth-order valence-electron chi connectivity index (χ4n) is 3.04. The van der Waals surface area contributed by atoms with Crippen LogP contribution in [0.3, 0.4) is 0 Å². The van der Waals surface area contributed by atoms with Crippen LogP contribution < -0.4 is 4.90 Å². The Hall–Kier alpha value is -1.09. The Labute approximate surface area is 102 Å². The maximum atomic E-state index is 10.5. The summed E-state index contributed by atoms with van der Waals surface area (Å²) in [5.41, 5.74) is 0.397. The second-order valence-electron chi connectivity index (χ2n) is 5.34. The number of hydrogen-bond donors (Lipinski definition) is 1. The number of rotatable bonds is 2. The maximum Gasteiger partial charge on any atom is 0.128 e. The Morgan fingerprint density at radius 1 is 1.06 bits per heavy atom. The molecule has 0 radical (unpaired) electrons. The van der Waals surface area contributed by atoms with E-state index in [0.717, 1.165) is 50.2 Å². The van der Waals surface area contributed by atoms with Crippen LogP contribution in [0.1, 0.15) is 44.1 Å². The smallest absolute Gasteiger partial charge is 0.128 e. The number of nitrogens with zero attached hydrogens (tertiary/aromatic N) is 2. The molecule has 1 aliphatic heterocycles. The Bertz CT molecular complexity index is 376. The van der Waals surface area contributed by atoms with Crippen molar-refractivity contribution in [2.24, 2.45) is 0 Å². The topological polar surface area (TPSA) is 36.4 Å². The first kappa shape index (κ1) is 11.0. The van der Waals surface area contributed by atoms with Crippen LogP contribution in [0, 0.1) is 0 Å². The highest BCUT2D eigenvalue weighted by molar-refractivity contribution is 5.41. The van der Waals surface area contributed by atoms with Crippen LogP contribution in [0.2, 0.25) is 0 Å². The minimum absolute atomic E-state index is 0.601. The summed E-state index contributed by atoms with van der Waals surface area (Å²) in [6.45, 7) is 2.24. The van der Waals surface area contributed by atoms with Gasteiger partial charge in [-0.15, -0.1) is 0 Å². The van der Waals surface area contributed by atoms with Gasteiger partial charge in [-0.05, 0) is 31.7 Å². The molecule has 1 saturated carbocycles. The first-order valence-corrected chi connectivity index (χ1v) is 6.72. The standard InChI is InChI=1S/C14H20N2O/c17-14(7-1-2-8-14)12-5-6-13(15-11-12)16-9-3-4-10-16/h5-6,11,17H,1-4,7-10H2. The lowest BCUT2D eigenvalue weighted by molar-refractivity contribution is 0.0441. The first-order valence-electron chi connectivity index (χ1n) is 6.72. The lowest BCUT2D eigenvalue weighted by Crippen LogP contribution is -2.22. The van der Waals surface area contributed by atoms with Gasteiger partial charge in [0.15, 0.2) is 0 Å². The summed E-state index contributed by atoms with van der Waals surface area (Å²) >= 11 is 0. The highest BCUT2D eigenvalue weighted by Crippen LogP contribution is 2.38. The summed E-state index contributed by atoms with van der Waals surface area (Å²) in [5.74, 6) is 1.06. The second kappa shape index (κ2) is 4.30. The molecule has 1 aromatic rings. The lowest BCUT2D eigenvalue weighted by Gasteiger charge is -2.23. The van der Waals surface area contributed by atoms with Crippen molar-refractivity contribution >= 4 is 5.82 Å². The van der Waals surface area contributed by atoms with Gasteiger partial charge in [0.2, 0.25) is 0 Å². The molecule has 0 amide bonds. The third-order valence-electron chi connectivity index (χ3n) is 4.15. The van der Waals surface area contributed by atoms with Gasteiger partial charge in [0.25, 0.3) is 0 Å². The van der Waals surface area contributed by atoms with Gasteiger partial charge in [-0.2, -0.15) is 0 Å². The Balaban J connectivity index is 1.79. The van der Waals surface area contributed by atoms with E-state index in [1.54, 1.807) is 0 Å². The predicted octanol–water partition coefficient (Wildman–Crippen LogP) is 2.44. The zero-order chi connectivity index (χ0) is 11.7. The predicted molar refractivity (Wildman–Crippen MR) is 68.0 cm³/mol. The minimum Gasteiger partial charge on any atom is -0.385 e. The van der Waals surface area contributed by atoms with Crippen LogP contribution in [0.4, 0.5) is 5.82 Å². The minimum atomic E-state index is -0.601. The van der Waals surface area contributed by atoms with Crippen LogP contribution >= 0.6 is 0 Å². The van der Waals surface area contributed by atoms with Crippen molar-refractivity contribution in [2.75, 3.05) is 18.0 Å². The molecule has 92 valence electrons. The van der Waals surface area contributed by atoms with Crippen LogP contribution in [0.25, 0.3) is 0 Å². The van der Waals surface area contributed by atoms with Crippen molar-refractivity contribution < 1.29 is 5.11 Å². The van der Waals surface area contributed by atoms with E-state index < -0.39 is 5.60 Å². The summed E-state index contributed by atoms with van der Waals surface area (Å²) in [7, 11) is 0. The molecule has 3 heteroatoms. The third-order valence-corrected chi connectivity index (χ3v) is 4.15. The zero-order valence-electron chi connectivity index (χ0n) is 10.2. The third kappa shape index (κ3) is 2.04. The van der Waals surface area contributed by atoms with Gasteiger partial charge in [-0.1, -0.05) is 18.9 Å². The van der Waals surface area contributed by atoms with Gasteiger partial charge < -0.3 is 10.0 Å². The highest BCUT2D eigenvalue weighted by Gasteiger charge is 2.33. The van der Waals surface area contributed by atoms with Crippen molar-refractivity contribution in [3.63, 3.8) is 0 Å². The van der Waals surface area contributed by atoms with Crippen LogP contribution in [-0.4, -0.2) is 23.2 Å². The molecule has 0 spiro atoms. The van der Waals surface area contributed by atoms with E-state index in [9.17, 15) is 5.11 Å². The van der Waals surface area contributed by atoms with Crippen molar-refractivity contribution in [3.8, 4) is 0 Å². The average Bonchev–Trinajstić information content (AvgIpc) is 3.01. The molecule has 0 unspecified atom stereocenters. The van der Waals surface area contributed by atoms with Crippen LogP contribution in [0.5, 0.6) is 0 Å². The zero-order valence-corrected chi connectivity index (χ0v) is 10.2. The molecule has 0 aromatic carbocycles. The monoisotopic (exact) mass is 232 g/mol. The maximum absolute atomic E-state index is 10.5. The fourth-order valence-corrected chi connectivity index (χ4v) is 3.04. The van der Waals surface area contributed by atoms with Gasteiger partial charge >= 0.3 is 0 Å². The molecule has 1 saturated heterocycles. The van der Waals surface area contributed by atoms with E-state index >= 15 is 0 Å². The van der Waals surface area contributed by atoms with Gasteiger partial charge in [0.05, 0.1) is 5.60 Å². The Morgan fingerprint density at radius 3 is 2.35 bits per heavy atom. The molecule has 1 aliphatic carbocycles. The van der Waals surface area contributed by atoms with Gasteiger partial charge in [0, 0.05) is 24.8 Å². The molecule has 3 rings (SSSR count). The van der Waals surface area contributed by atoms with Gasteiger partial charge in [-0.3, -0.25) is 0 Å². The van der Waals surface area contributed by atoms with E-state index in [1.807, 2.05) is 6.20 Å². The van der Waals surface area contributed by atoms with Gasteiger partial charge in [0.1, 0.15) is 5.82 Å². The molecule has 1 aromatic heterocycles. The van der Waals surface area contributed by atoms with Gasteiger partial charge in [-0.25, -0.2) is 4.98 Å². The normalized spacial score (nSPS) is 23.2. The summed E-state index contributed by atoms with van der Waals surface area (Å²) in [5, 5.41) is 10.5. The molecular formula is C14H20N2O. The summed E-state index contributed by atoms with van der Waals surface area (Å²) in [6.07, 6.45) is 8.45.